The molecule has 1 aromatic carbocycles. The number of halogens is 1. The van der Waals surface area contributed by atoms with Gasteiger partial charge in [0, 0.05) is 17.3 Å². The van der Waals surface area contributed by atoms with Gasteiger partial charge in [0.2, 0.25) is 0 Å². The van der Waals surface area contributed by atoms with Gasteiger partial charge in [0.1, 0.15) is 0 Å². The van der Waals surface area contributed by atoms with Crippen LogP contribution in [0.3, 0.4) is 0 Å². The Labute approximate surface area is 82.1 Å². The number of alkyl halides is 1. The Bertz CT molecular complexity index is 304. The van der Waals surface area contributed by atoms with Crippen LogP contribution in [0.25, 0.3) is 0 Å². The largest absolute Gasteiger partial charge is 0.0970 e. The topological polar surface area (TPSA) is 0 Å². The van der Waals surface area contributed by atoms with Crippen molar-refractivity contribution in [2.75, 3.05) is 5.33 Å². The fourth-order valence-electron chi connectivity index (χ4n) is 0.918. The van der Waals surface area contributed by atoms with E-state index in [0.29, 0.717) is 0 Å². The van der Waals surface area contributed by atoms with E-state index in [2.05, 4.69) is 46.8 Å². The van der Waals surface area contributed by atoms with Crippen LogP contribution in [-0.2, 0) is 0 Å². The molecule has 0 saturated carbocycles. The summed E-state index contributed by atoms with van der Waals surface area (Å²) in [5, 5.41) is 0.950. The molecule has 62 valence electrons. The third-order valence-corrected chi connectivity index (χ3v) is 1.98. The zero-order valence-corrected chi connectivity index (χ0v) is 8.69. The van der Waals surface area contributed by atoms with Crippen molar-refractivity contribution in [2.24, 2.45) is 0 Å². The summed E-state index contributed by atoms with van der Waals surface area (Å²) in [6, 6.07) is 8.19. The molecule has 1 rings (SSSR count). The molecule has 0 saturated heterocycles. The van der Waals surface area contributed by atoms with Gasteiger partial charge in [0.15, 0.2) is 0 Å². The van der Waals surface area contributed by atoms with Crippen molar-refractivity contribution in [2.45, 2.75) is 13.3 Å². The Morgan fingerprint density at radius 3 is 2.75 bits per heavy atom. The molecule has 0 N–H and O–H groups in total. The predicted octanol–water partition coefficient (Wildman–Crippen LogP) is 3.13. The van der Waals surface area contributed by atoms with Crippen molar-refractivity contribution in [3.05, 3.63) is 35.4 Å². The van der Waals surface area contributed by atoms with Gasteiger partial charge in [0.25, 0.3) is 0 Å². The number of aryl methyl sites for hydroxylation is 1. The van der Waals surface area contributed by atoms with Crippen molar-refractivity contribution in [3.8, 4) is 11.8 Å². The maximum atomic E-state index is 3.34. The molecule has 1 aromatic rings. The highest BCUT2D eigenvalue weighted by Crippen LogP contribution is 2.04. The van der Waals surface area contributed by atoms with Gasteiger partial charge in [-0.1, -0.05) is 46.0 Å². The number of benzene rings is 1. The highest BCUT2D eigenvalue weighted by atomic mass is 79.9. The molecule has 0 heterocycles. The van der Waals surface area contributed by atoms with E-state index >= 15 is 0 Å². The van der Waals surface area contributed by atoms with Crippen molar-refractivity contribution < 1.29 is 0 Å². The molecule has 0 spiro atoms. The van der Waals surface area contributed by atoms with Crippen LogP contribution >= 0.6 is 15.9 Å². The van der Waals surface area contributed by atoms with E-state index < -0.39 is 0 Å². The molecule has 0 unspecified atom stereocenters. The summed E-state index contributed by atoms with van der Waals surface area (Å²) >= 11 is 3.34. The molecule has 0 aliphatic carbocycles. The summed E-state index contributed by atoms with van der Waals surface area (Å²) < 4.78 is 0. The van der Waals surface area contributed by atoms with E-state index in [4.69, 9.17) is 0 Å². The summed E-state index contributed by atoms with van der Waals surface area (Å²) in [5.41, 5.74) is 2.39. The van der Waals surface area contributed by atoms with Crippen LogP contribution in [0.4, 0.5) is 0 Å². The van der Waals surface area contributed by atoms with Gasteiger partial charge in [-0.3, -0.25) is 0 Å². The minimum atomic E-state index is 0.911. The summed E-state index contributed by atoms with van der Waals surface area (Å²) in [6.07, 6.45) is 0.911. The minimum absolute atomic E-state index is 0.911. The van der Waals surface area contributed by atoms with Crippen LogP contribution in [0.1, 0.15) is 17.5 Å². The number of hydrogen-bond acceptors (Lipinski definition) is 0. The van der Waals surface area contributed by atoms with Crippen LogP contribution < -0.4 is 0 Å². The van der Waals surface area contributed by atoms with Crippen molar-refractivity contribution in [3.63, 3.8) is 0 Å². The van der Waals surface area contributed by atoms with E-state index in [1.165, 1.54) is 5.56 Å². The summed E-state index contributed by atoms with van der Waals surface area (Å²) in [4.78, 5) is 0. The first-order chi connectivity index (χ1) is 5.84. The summed E-state index contributed by atoms with van der Waals surface area (Å²) in [6.45, 7) is 2.08. The van der Waals surface area contributed by atoms with Crippen LogP contribution in [0, 0.1) is 18.8 Å². The number of rotatable bonds is 1. The standard InChI is InChI=1S/C11H11Br/c1-10-6-2-3-7-11(10)8-4-5-9-12/h2-3,6-7H,5,9H2,1H3. The molecular formula is C11H11Br. The second-order valence-corrected chi connectivity index (χ2v) is 3.35. The van der Waals surface area contributed by atoms with E-state index in [1.807, 2.05) is 12.1 Å². The van der Waals surface area contributed by atoms with Crippen LogP contribution in [-0.4, -0.2) is 5.33 Å². The molecule has 12 heavy (non-hydrogen) atoms. The Kier molecular flexibility index (Phi) is 3.90. The zero-order chi connectivity index (χ0) is 8.81. The molecule has 0 aromatic heterocycles. The van der Waals surface area contributed by atoms with E-state index in [9.17, 15) is 0 Å². The Morgan fingerprint density at radius 1 is 1.33 bits per heavy atom. The normalized spacial score (nSPS) is 8.83. The van der Waals surface area contributed by atoms with E-state index in [-0.39, 0.29) is 0 Å². The van der Waals surface area contributed by atoms with Crippen LogP contribution in [0.5, 0.6) is 0 Å². The second-order valence-electron chi connectivity index (χ2n) is 2.56. The van der Waals surface area contributed by atoms with Crippen molar-refractivity contribution >= 4 is 15.9 Å². The highest BCUT2D eigenvalue weighted by molar-refractivity contribution is 9.09. The molecule has 0 aliphatic heterocycles. The molecule has 0 bridgehead atoms. The van der Waals surface area contributed by atoms with Crippen LogP contribution in [0.15, 0.2) is 24.3 Å². The van der Waals surface area contributed by atoms with Gasteiger partial charge in [0.05, 0.1) is 0 Å². The van der Waals surface area contributed by atoms with E-state index in [0.717, 1.165) is 17.3 Å². The third kappa shape index (κ3) is 2.71. The van der Waals surface area contributed by atoms with Gasteiger partial charge in [-0.05, 0) is 18.6 Å². The molecule has 0 amide bonds. The Morgan fingerprint density at radius 2 is 2.08 bits per heavy atom. The Hall–Kier alpha value is -0.740. The minimum Gasteiger partial charge on any atom is -0.0970 e. The fraction of sp³-hybridized carbons (Fsp3) is 0.273. The van der Waals surface area contributed by atoms with Gasteiger partial charge >= 0.3 is 0 Å². The lowest BCUT2D eigenvalue weighted by Gasteiger charge is -1.94. The monoisotopic (exact) mass is 222 g/mol. The predicted molar refractivity (Wildman–Crippen MR) is 56.5 cm³/mol. The third-order valence-electron chi connectivity index (χ3n) is 1.59. The first-order valence-corrected chi connectivity index (χ1v) is 5.07. The van der Waals surface area contributed by atoms with Gasteiger partial charge < -0.3 is 0 Å². The summed E-state index contributed by atoms with van der Waals surface area (Å²) in [7, 11) is 0. The van der Waals surface area contributed by atoms with E-state index in [1.54, 1.807) is 0 Å². The van der Waals surface area contributed by atoms with Gasteiger partial charge in [-0.2, -0.15) is 0 Å². The fourth-order valence-corrected chi connectivity index (χ4v) is 1.12. The molecule has 1 heteroatoms. The number of hydrogen-bond donors (Lipinski definition) is 0. The van der Waals surface area contributed by atoms with Crippen molar-refractivity contribution in [1.29, 1.82) is 0 Å². The average Bonchev–Trinajstić information content (AvgIpc) is 2.09. The average molecular weight is 223 g/mol. The molecule has 0 nitrogen and oxygen atoms in total. The zero-order valence-electron chi connectivity index (χ0n) is 7.10. The molecule has 0 aliphatic rings. The van der Waals surface area contributed by atoms with Gasteiger partial charge in [-0.15, -0.1) is 0 Å². The SMILES string of the molecule is Cc1ccccc1C#CCCBr. The lowest BCUT2D eigenvalue weighted by atomic mass is 10.1. The maximum absolute atomic E-state index is 3.34. The molecule has 0 fully saturated rings. The van der Waals surface area contributed by atoms with Crippen LogP contribution in [0.2, 0.25) is 0 Å². The first-order valence-electron chi connectivity index (χ1n) is 3.95. The highest BCUT2D eigenvalue weighted by Gasteiger charge is 1.89. The van der Waals surface area contributed by atoms with Gasteiger partial charge in [-0.25, -0.2) is 0 Å². The second kappa shape index (κ2) is 5.00. The Balaban J connectivity index is 2.77. The quantitative estimate of drug-likeness (QED) is 0.506. The molecular weight excluding hydrogens is 212 g/mol. The lowest BCUT2D eigenvalue weighted by Crippen LogP contribution is -1.79. The first kappa shape index (κ1) is 9.35. The summed E-state index contributed by atoms with van der Waals surface area (Å²) in [5.74, 6) is 6.23. The smallest absolute Gasteiger partial charge is 0.0274 e. The lowest BCUT2D eigenvalue weighted by molar-refractivity contribution is 1.31. The maximum Gasteiger partial charge on any atom is 0.0274 e. The molecule has 0 radical (unpaired) electrons. The van der Waals surface area contributed by atoms with Crippen molar-refractivity contribution in [1.82, 2.24) is 0 Å². The molecule has 0 atom stereocenters.